The summed E-state index contributed by atoms with van der Waals surface area (Å²) in [6, 6.07) is 5.06. The van der Waals surface area contributed by atoms with Crippen molar-refractivity contribution < 1.29 is 9.59 Å². The Morgan fingerprint density at radius 3 is 2.71 bits per heavy atom. The monoisotopic (exact) mass is 526 g/mol. The Bertz CT molecular complexity index is 1660. The first kappa shape index (κ1) is 24.2. The molecule has 192 valence electrons. The molecule has 0 saturated heterocycles. The van der Waals surface area contributed by atoms with Gasteiger partial charge in [-0.05, 0) is 59.6 Å². The Hall–Kier alpha value is -4.18. The number of pyridine rings is 2. The fourth-order valence-corrected chi connectivity index (χ4v) is 7.03. The molecule has 2 aliphatic rings. The number of fused-ring (bicyclic) bond motifs is 3. The fraction of sp³-hybridized carbons (Fsp3) is 0.286. The van der Waals surface area contributed by atoms with Crippen molar-refractivity contribution in [3.63, 3.8) is 0 Å². The van der Waals surface area contributed by atoms with Crippen molar-refractivity contribution in [1.29, 1.82) is 0 Å². The van der Waals surface area contributed by atoms with Crippen LogP contribution in [0.3, 0.4) is 0 Å². The standard InChI is InChI=1S/C28H26N6O3S/c1-28(2)11-19-18-6-9-34(27(37)24(18)38-22(19)12-28)25-20(14-35)17(4-8-30-25)16-10-21(26(36)33(3)13-16)32-23-5-7-29-15-31-23/h4-5,7-8,10,13-15H,6,9,11-12H2,1-3H3,(H,29,31,32). The van der Waals surface area contributed by atoms with Gasteiger partial charge in [-0.25, -0.2) is 15.0 Å². The zero-order valence-corrected chi connectivity index (χ0v) is 22.1. The number of hydrogen-bond donors (Lipinski definition) is 1. The van der Waals surface area contributed by atoms with E-state index in [0.717, 1.165) is 30.4 Å². The van der Waals surface area contributed by atoms with E-state index >= 15 is 0 Å². The number of rotatable bonds is 5. The molecule has 9 nitrogen and oxygen atoms in total. The van der Waals surface area contributed by atoms with Gasteiger partial charge in [0, 0.05) is 42.6 Å². The first-order valence-electron chi connectivity index (χ1n) is 12.4. The highest BCUT2D eigenvalue weighted by Crippen LogP contribution is 2.45. The second-order valence-electron chi connectivity index (χ2n) is 10.5. The molecule has 1 aliphatic carbocycles. The number of anilines is 3. The summed E-state index contributed by atoms with van der Waals surface area (Å²) in [6.07, 6.45) is 9.68. The summed E-state index contributed by atoms with van der Waals surface area (Å²) in [5.41, 5.74) is 4.32. The molecule has 0 radical (unpaired) electrons. The molecule has 0 spiro atoms. The van der Waals surface area contributed by atoms with Gasteiger partial charge < -0.3 is 9.88 Å². The van der Waals surface area contributed by atoms with Crippen LogP contribution >= 0.6 is 11.3 Å². The molecule has 38 heavy (non-hydrogen) atoms. The molecule has 0 fully saturated rings. The third-order valence-corrected chi connectivity index (χ3v) is 8.46. The normalized spacial score (nSPS) is 15.8. The molecule has 4 aromatic rings. The van der Waals surface area contributed by atoms with Crippen molar-refractivity contribution in [3.05, 3.63) is 79.9 Å². The zero-order chi connectivity index (χ0) is 26.6. The van der Waals surface area contributed by atoms with E-state index in [9.17, 15) is 14.4 Å². The highest BCUT2D eigenvalue weighted by molar-refractivity contribution is 7.14. The van der Waals surface area contributed by atoms with E-state index in [4.69, 9.17) is 0 Å². The first-order valence-corrected chi connectivity index (χ1v) is 13.2. The highest BCUT2D eigenvalue weighted by atomic mass is 32.1. The van der Waals surface area contributed by atoms with Gasteiger partial charge in [-0.1, -0.05) is 13.8 Å². The second-order valence-corrected chi connectivity index (χ2v) is 11.6. The topological polar surface area (TPSA) is 110 Å². The van der Waals surface area contributed by atoms with Crippen molar-refractivity contribution in [2.45, 2.75) is 33.1 Å². The number of nitrogens with zero attached hydrogens (tertiary/aromatic N) is 5. The number of aldehydes is 1. The lowest BCUT2D eigenvalue weighted by Crippen LogP contribution is -2.38. The molecule has 6 rings (SSSR count). The summed E-state index contributed by atoms with van der Waals surface area (Å²) in [5, 5.41) is 3.03. The van der Waals surface area contributed by atoms with E-state index in [2.05, 4.69) is 34.1 Å². The Morgan fingerprint density at radius 2 is 1.95 bits per heavy atom. The minimum absolute atomic E-state index is 0.109. The van der Waals surface area contributed by atoms with Crippen molar-refractivity contribution in [3.8, 4) is 11.1 Å². The molecule has 1 amide bonds. The predicted octanol–water partition coefficient (Wildman–Crippen LogP) is 4.18. The van der Waals surface area contributed by atoms with Gasteiger partial charge in [-0.3, -0.25) is 19.3 Å². The maximum atomic E-state index is 13.7. The smallest absolute Gasteiger partial charge is 0.274 e. The molecule has 10 heteroatoms. The van der Waals surface area contributed by atoms with E-state index in [0.29, 0.717) is 40.6 Å². The second kappa shape index (κ2) is 8.98. The summed E-state index contributed by atoms with van der Waals surface area (Å²) in [5.74, 6) is 0.699. The van der Waals surface area contributed by atoms with E-state index in [1.807, 2.05) is 0 Å². The molecule has 1 aliphatic heterocycles. The number of aryl methyl sites for hydroxylation is 1. The maximum Gasteiger partial charge on any atom is 0.274 e. The summed E-state index contributed by atoms with van der Waals surface area (Å²) >= 11 is 1.59. The number of aromatic nitrogens is 4. The van der Waals surface area contributed by atoms with Crippen LogP contribution in [-0.4, -0.2) is 38.3 Å². The van der Waals surface area contributed by atoms with Gasteiger partial charge in [-0.15, -0.1) is 11.3 Å². The van der Waals surface area contributed by atoms with Crippen molar-refractivity contribution in [2.75, 3.05) is 16.8 Å². The third kappa shape index (κ3) is 4.01. The van der Waals surface area contributed by atoms with Gasteiger partial charge in [0.15, 0.2) is 6.29 Å². The summed E-state index contributed by atoms with van der Waals surface area (Å²) in [4.78, 5) is 55.1. The Labute approximate surface area is 223 Å². The van der Waals surface area contributed by atoms with Gasteiger partial charge in [0.05, 0.1) is 10.4 Å². The van der Waals surface area contributed by atoms with Crippen LogP contribution in [0.4, 0.5) is 17.3 Å². The number of nitrogens with one attached hydrogen (secondary N) is 1. The van der Waals surface area contributed by atoms with Gasteiger partial charge in [0.2, 0.25) is 0 Å². The number of carbonyl (C=O) groups is 2. The van der Waals surface area contributed by atoms with E-state index in [1.165, 1.54) is 26.9 Å². The van der Waals surface area contributed by atoms with Crippen LogP contribution in [0.1, 0.15) is 49.9 Å². The molecule has 5 heterocycles. The first-order chi connectivity index (χ1) is 18.3. The third-order valence-electron chi connectivity index (χ3n) is 7.20. The summed E-state index contributed by atoms with van der Waals surface area (Å²) in [7, 11) is 1.65. The molecule has 0 unspecified atom stereocenters. The molecule has 0 saturated carbocycles. The number of hydrogen-bond acceptors (Lipinski definition) is 8. The van der Waals surface area contributed by atoms with E-state index in [1.54, 1.807) is 60.1 Å². The predicted molar refractivity (Wildman–Crippen MR) is 147 cm³/mol. The molecule has 0 aromatic carbocycles. The molecular weight excluding hydrogens is 500 g/mol. The van der Waals surface area contributed by atoms with Crippen molar-refractivity contribution in [1.82, 2.24) is 19.5 Å². The Morgan fingerprint density at radius 1 is 1.11 bits per heavy atom. The van der Waals surface area contributed by atoms with Crippen molar-refractivity contribution in [2.24, 2.45) is 12.5 Å². The van der Waals surface area contributed by atoms with Crippen LogP contribution in [0, 0.1) is 5.41 Å². The fourth-order valence-electron chi connectivity index (χ4n) is 5.46. The van der Waals surface area contributed by atoms with Crippen LogP contribution in [0.5, 0.6) is 0 Å². The van der Waals surface area contributed by atoms with Crippen LogP contribution < -0.4 is 15.8 Å². The van der Waals surface area contributed by atoms with Gasteiger partial charge in [-0.2, -0.15) is 0 Å². The van der Waals surface area contributed by atoms with Crippen LogP contribution in [0.25, 0.3) is 11.1 Å². The minimum atomic E-state index is -0.248. The largest absolute Gasteiger partial charge is 0.336 e. The maximum absolute atomic E-state index is 13.7. The van der Waals surface area contributed by atoms with Crippen LogP contribution in [0.2, 0.25) is 0 Å². The molecule has 0 bridgehead atoms. The SMILES string of the molecule is Cn1cc(-c2ccnc(N3CCc4c(sc5c4CC(C)(C)C5)C3=O)c2C=O)cc(Nc2ccncn2)c1=O. The molecular formula is C28H26N6O3S. The van der Waals surface area contributed by atoms with Gasteiger partial charge >= 0.3 is 0 Å². The van der Waals surface area contributed by atoms with Crippen LogP contribution in [-0.2, 0) is 26.3 Å². The average Bonchev–Trinajstić information content (AvgIpc) is 3.39. The lowest BCUT2D eigenvalue weighted by molar-refractivity contribution is 0.0984. The number of amides is 1. The molecule has 1 N–H and O–H groups in total. The summed E-state index contributed by atoms with van der Waals surface area (Å²) in [6.45, 7) is 4.99. The van der Waals surface area contributed by atoms with E-state index in [-0.39, 0.29) is 16.9 Å². The minimum Gasteiger partial charge on any atom is -0.336 e. The van der Waals surface area contributed by atoms with E-state index < -0.39 is 0 Å². The number of carbonyl (C=O) groups excluding carboxylic acids is 2. The Balaban J connectivity index is 1.39. The average molecular weight is 527 g/mol. The lowest BCUT2D eigenvalue weighted by atomic mass is 9.89. The van der Waals surface area contributed by atoms with Crippen molar-refractivity contribution >= 4 is 40.9 Å². The van der Waals surface area contributed by atoms with Crippen LogP contribution in [0.15, 0.2) is 47.9 Å². The van der Waals surface area contributed by atoms with Gasteiger partial charge in [0.25, 0.3) is 11.5 Å². The quantitative estimate of drug-likeness (QED) is 0.389. The highest BCUT2D eigenvalue weighted by Gasteiger charge is 2.38. The van der Waals surface area contributed by atoms with Gasteiger partial charge in [0.1, 0.15) is 23.7 Å². The Kier molecular flexibility index (Phi) is 5.71. The molecule has 4 aromatic heterocycles. The molecule has 0 atom stereocenters. The number of thiophene rings is 1. The zero-order valence-electron chi connectivity index (χ0n) is 21.3. The lowest BCUT2D eigenvalue weighted by Gasteiger charge is -2.28. The summed E-state index contributed by atoms with van der Waals surface area (Å²) < 4.78 is 1.44.